The van der Waals surface area contributed by atoms with Gasteiger partial charge in [0.2, 0.25) is 0 Å². The van der Waals surface area contributed by atoms with E-state index in [0.717, 1.165) is 0 Å². The highest BCUT2D eigenvalue weighted by Crippen LogP contribution is 2.33. The van der Waals surface area contributed by atoms with Crippen molar-refractivity contribution >= 4 is 11.4 Å². The predicted molar refractivity (Wildman–Crippen MR) is 53.9 cm³/mol. The molecular formula is C8H6N4O4. The van der Waals surface area contributed by atoms with E-state index in [1.165, 1.54) is 24.5 Å². The van der Waals surface area contributed by atoms with Crippen LogP contribution in [0, 0.1) is 20.2 Å². The van der Waals surface area contributed by atoms with Gasteiger partial charge >= 0.3 is 0 Å². The van der Waals surface area contributed by atoms with E-state index in [0.29, 0.717) is 0 Å². The predicted octanol–water partition coefficient (Wildman–Crippen LogP) is 1.83. The molecule has 0 saturated heterocycles. The third-order valence-corrected chi connectivity index (χ3v) is 2.09. The molecule has 16 heavy (non-hydrogen) atoms. The summed E-state index contributed by atoms with van der Waals surface area (Å²) in [6.07, 6.45) is 2.72. The van der Waals surface area contributed by atoms with Gasteiger partial charge in [0.1, 0.15) is 11.4 Å². The summed E-state index contributed by atoms with van der Waals surface area (Å²) in [5, 5.41) is 21.3. The molecule has 0 fully saturated rings. The van der Waals surface area contributed by atoms with Gasteiger partial charge in [-0.3, -0.25) is 20.2 Å². The highest BCUT2D eigenvalue weighted by molar-refractivity contribution is 5.74. The third kappa shape index (κ3) is 1.41. The second-order valence-corrected chi connectivity index (χ2v) is 2.99. The summed E-state index contributed by atoms with van der Waals surface area (Å²) in [6.45, 7) is 0. The quantitative estimate of drug-likeness (QED) is 0.608. The number of hydrogen-bond acceptors (Lipinski definition) is 4. The zero-order chi connectivity index (χ0) is 11.7. The van der Waals surface area contributed by atoms with Crippen molar-refractivity contribution in [3.8, 4) is 11.4 Å². The Morgan fingerprint density at radius 3 is 1.56 bits per heavy atom. The highest BCUT2D eigenvalue weighted by atomic mass is 16.6. The van der Waals surface area contributed by atoms with E-state index in [9.17, 15) is 20.2 Å². The van der Waals surface area contributed by atoms with Gasteiger partial charge < -0.3 is 9.97 Å². The van der Waals surface area contributed by atoms with Crippen LogP contribution < -0.4 is 0 Å². The molecule has 82 valence electrons. The summed E-state index contributed by atoms with van der Waals surface area (Å²) in [7, 11) is 0. The lowest BCUT2D eigenvalue weighted by Gasteiger charge is -1.95. The van der Waals surface area contributed by atoms with E-state index in [1.807, 2.05) is 0 Å². The van der Waals surface area contributed by atoms with Gasteiger partial charge in [0, 0.05) is 24.5 Å². The SMILES string of the molecule is O=[N+]([O-])c1cc[nH]c1-c1[nH]ccc1[N+](=O)[O-]. The highest BCUT2D eigenvalue weighted by Gasteiger charge is 2.24. The topological polar surface area (TPSA) is 118 Å². The van der Waals surface area contributed by atoms with Crippen molar-refractivity contribution < 1.29 is 9.85 Å². The second-order valence-electron chi connectivity index (χ2n) is 2.99. The van der Waals surface area contributed by atoms with E-state index in [1.54, 1.807) is 0 Å². The van der Waals surface area contributed by atoms with Crippen LogP contribution in [-0.4, -0.2) is 19.8 Å². The molecule has 0 aromatic carbocycles. The molecule has 0 saturated carbocycles. The first-order valence-corrected chi connectivity index (χ1v) is 4.25. The van der Waals surface area contributed by atoms with Gasteiger partial charge in [0.25, 0.3) is 11.4 Å². The van der Waals surface area contributed by atoms with Crippen molar-refractivity contribution in [1.29, 1.82) is 0 Å². The molecule has 2 heterocycles. The average molecular weight is 222 g/mol. The van der Waals surface area contributed by atoms with Crippen LogP contribution in [0.4, 0.5) is 11.4 Å². The molecular weight excluding hydrogens is 216 g/mol. The zero-order valence-corrected chi connectivity index (χ0v) is 7.84. The van der Waals surface area contributed by atoms with Crippen LogP contribution in [0.3, 0.4) is 0 Å². The maximum absolute atomic E-state index is 10.7. The molecule has 8 nitrogen and oxygen atoms in total. The van der Waals surface area contributed by atoms with Crippen LogP contribution in [0.15, 0.2) is 24.5 Å². The Labute approximate surface area is 88.2 Å². The van der Waals surface area contributed by atoms with Crippen LogP contribution in [0.1, 0.15) is 0 Å². The Bertz CT molecular complexity index is 506. The van der Waals surface area contributed by atoms with Gasteiger partial charge in [-0.25, -0.2) is 0 Å². The Hall–Kier alpha value is -2.64. The fourth-order valence-corrected chi connectivity index (χ4v) is 1.43. The van der Waals surface area contributed by atoms with E-state index < -0.39 is 9.85 Å². The first kappa shape index (κ1) is 9.90. The minimum atomic E-state index is -0.601. The summed E-state index contributed by atoms with van der Waals surface area (Å²) in [5.41, 5.74) is -0.209. The summed E-state index contributed by atoms with van der Waals surface area (Å²) in [5.74, 6) is 0. The summed E-state index contributed by atoms with van der Waals surface area (Å²) in [6, 6.07) is 2.50. The largest absolute Gasteiger partial charge is 0.354 e. The molecule has 0 amide bonds. The lowest BCUT2D eigenvalue weighted by atomic mass is 10.2. The summed E-state index contributed by atoms with van der Waals surface area (Å²) >= 11 is 0. The normalized spacial score (nSPS) is 10.2. The zero-order valence-electron chi connectivity index (χ0n) is 7.84. The Balaban J connectivity index is 2.59. The lowest BCUT2D eigenvalue weighted by Crippen LogP contribution is -1.93. The molecule has 0 spiro atoms. The van der Waals surface area contributed by atoms with Gasteiger partial charge in [-0.1, -0.05) is 0 Å². The Kier molecular flexibility index (Phi) is 2.16. The fourth-order valence-electron chi connectivity index (χ4n) is 1.43. The molecule has 0 radical (unpaired) electrons. The first-order valence-electron chi connectivity index (χ1n) is 4.25. The van der Waals surface area contributed by atoms with E-state index in [4.69, 9.17) is 0 Å². The van der Waals surface area contributed by atoms with Crippen molar-refractivity contribution in [3.05, 3.63) is 44.8 Å². The molecule has 2 N–H and O–H groups in total. The minimum Gasteiger partial charge on any atom is -0.354 e. The number of aromatic nitrogens is 2. The van der Waals surface area contributed by atoms with Gasteiger partial charge in [-0.05, 0) is 0 Å². The van der Waals surface area contributed by atoms with E-state index in [2.05, 4.69) is 9.97 Å². The van der Waals surface area contributed by atoms with Crippen LogP contribution in [-0.2, 0) is 0 Å². The van der Waals surface area contributed by atoms with E-state index in [-0.39, 0.29) is 22.8 Å². The summed E-state index contributed by atoms with van der Waals surface area (Å²) in [4.78, 5) is 25.3. The van der Waals surface area contributed by atoms with Crippen molar-refractivity contribution in [2.75, 3.05) is 0 Å². The molecule has 0 aliphatic rings. The van der Waals surface area contributed by atoms with Crippen LogP contribution >= 0.6 is 0 Å². The molecule has 8 heteroatoms. The Morgan fingerprint density at radius 2 is 1.25 bits per heavy atom. The smallest absolute Gasteiger partial charge is 0.296 e. The van der Waals surface area contributed by atoms with Crippen molar-refractivity contribution in [2.45, 2.75) is 0 Å². The lowest BCUT2D eigenvalue weighted by molar-refractivity contribution is -0.386. The van der Waals surface area contributed by atoms with E-state index >= 15 is 0 Å². The maximum Gasteiger partial charge on any atom is 0.296 e. The molecule has 2 aromatic heterocycles. The molecule has 0 atom stereocenters. The Morgan fingerprint density at radius 1 is 0.875 bits per heavy atom. The van der Waals surface area contributed by atoms with Crippen molar-refractivity contribution in [3.63, 3.8) is 0 Å². The molecule has 0 bridgehead atoms. The van der Waals surface area contributed by atoms with Gasteiger partial charge in [-0.2, -0.15) is 0 Å². The fraction of sp³-hybridized carbons (Fsp3) is 0. The molecule has 2 rings (SSSR count). The molecule has 0 unspecified atom stereocenters. The number of H-pyrrole nitrogens is 2. The molecule has 2 aromatic rings. The van der Waals surface area contributed by atoms with Crippen LogP contribution in [0.5, 0.6) is 0 Å². The van der Waals surface area contributed by atoms with Crippen LogP contribution in [0.25, 0.3) is 11.4 Å². The summed E-state index contributed by atoms with van der Waals surface area (Å²) < 4.78 is 0. The maximum atomic E-state index is 10.7. The molecule has 0 aliphatic heterocycles. The molecule has 0 aliphatic carbocycles. The van der Waals surface area contributed by atoms with Gasteiger partial charge in [-0.15, -0.1) is 0 Å². The van der Waals surface area contributed by atoms with Crippen molar-refractivity contribution in [1.82, 2.24) is 9.97 Å². The number of aromatic amines is 2. The van der Waals surface area contributed by atoms with Gasteiger partial charge in [0.05, 0.1) is 9.85 Å². The standard InChI is InChI=1S/C8H6N4O4/c13-11(14)5-1-3-9-7(5)8-6(12(15)16)2-4-10-8/h1-4,9-10H. The monoisotopic (exact) mass is 222 g/mol. The number of nitrogens with zero attached hydrogens (tertiary/aromatic N) is 2. The van der Waals surface area contributed by atoms with Crippen molar-refractivity contribution in [2.24, 2.45) is 0 Å². The third-order valence-electron chi connectivity index (χ3n) is 2.09. The number of rotatable bonds is 3. The average Bonchev–Trinajstić information content (AvgIpc) is 2.85. The number of nitrogens with one attached hydrogen (secondary N) is 2. The number of nitro groups is 2. The minimum absolute atomic E-state index is 0.0988. The second kappa shape index (κ2) is 3.50. The van der Waals surface area contributed by atoms with Crippen LogP contribution in [0.2, 0.25) is 0 Å². The first-order chi connectivity index (χ1) is 7.61. The number of hydrogen-bond donors (Lipinski definition) is 2. The van der Waals surface area contributed by atoms with Gasteiger partial charge in [0.15, 0.2) is 0 Å².